The molecule has 0 saturated heterocycles. The first kappa shape index (κ1) is 10.4. The van der Waals surface area contributed by atoms with E-state index in [4.69, 9.17) is 0 Å². The fourth-order valence-electron chi connectivity index (χ4n) is 1.93. The molecule has 0 amide bonds. The van der Waals surface area contributed by atoms with Gasteiger partial charge in [-0.3, -0.25) is 0 Å². The van der Waals surface area contributed by atoms with Gasteiger partial charge in [0.05, 0.1) is 0 Å². The molecule has 2 unspecified atom stereocenters. The monoisotopic (exact) mass is 187 g/mol. The molecule has 0 aromatic carbocycles. The van der Waals surface area contributed by atoms with Crippen LogP contribution in [0.15, 0.2) is 0 Å². The molecule has 2 atom stereocenters. The van der Waals surface area contributed by atoms with Crippen molar-refractivity contribution in [2.75, 3.05) is 25.1 Å². The Balaban J connectivity index is 2.00. The lowest BCUT2D eigenvalue weighted by molar-refractivity contribution is 0.170. The number of thioether (sulfide) groups is 1. The molecule has 0 radical (unpaired) electrons. The maximum absolute atomic E-state index is 3.28. The van der Waals surface area contributed by atoms with Crippen LogP contribution in [-0.2, 0) is 0 Å². The Labute approximate surface area is 80.7 Å². The minimum Gasteiger partial charge on any atom is -0.319 e. The fourth-order valence-corrected chi connectivity index (χ4v) is 2.69. The molecule has 2 heteroatoms. The van der Waals surface area contributed by atoms with Gasteiger partial charge in [0.2, 0.25) is 0 Å². The van der Waals surface area contributed by atoms with Gasteiger partial charge in [-0.15, -0.1) is 0 Å². The van der Waals surface area contributed by atoms with Crippen LogP contribution in [-0.4, -0.2) is 25.1 Å². The minimum atomic E-state index is 0.993. The Hall–Kier alpha value is 0.310. The number of rotatable bonds is 6. The Morgan fingerprint density at radius 1 is 1.33 bits per heavy atom. The second kappa shape index (κ2) is 5.87. The van der Waals surface area contributed by atoms with Gasteiger partial charge in [0.1, 0.15) is 0 Å². The van der Waals surface area contributed by atoms with Crippen LogP contribution in [0.25, 0.3) is 0 Å². The lowest BCUT2D eigenvalue weighted by Crippen LogP contribution is -2.34. The van der Waals surface area contributed by atoms with Gasteiger partial charge in [0.25, 0.3) is 0 Å². The summed E-state index contributed by atoms with van der Waals surface area (Å²) in [4.78, 5) is 0. The van der Waals surface area contributed by atoms with Crippen LogP contribution in [0.5, 0.6) is 0 Å². The zero-order chi connectivity index (χ0) is 8.81. The molecule has 0 bridgehead atoms. The molecule has 1 rings (SSSR count). The minimum absolute atomic E-state index is 0.993. The summed E-state index contributed by atoms with van der Waals surface area (Å²) in [5.74, 6) is 4.69. The molecular formula is C10H21NS. The summed E-state index contributed by atoms with van der Waals surface area (Å²) < 4.78 is 0. The molecule has 1 aliphatic carbocycles. The first-order chi connectivity index (χ1) is 5.88. The largest absolute Gasteiger partial charge is 0.319 e. The Bertz CT molecular complexity index is 116. The van der Waals surface area contributed by atoms with Crippen molar-refractivity contribution in [1.82, 2.24) is 5.32 Å². The molecule has 0 heterocycles. The second-order valence-electron chi connectivity index (χ2n) is 3.64. The van der Waals surface area contributed by atoms with Crippen LogP contribution >= 0.6 is 11.8 Å². The topological polar surface area (TPSA) is 12.0 Å². The third-order valence-corrected chi connectivity index (χ3v) is 3.81. The van der Waals surface area contributed by atoms with Crippen molar-refractivity contribution in [3.05, 3.63) is 0 Å². The standard InChI is InChI=1S/C10H21NS/c1-3-12-7-6-9-4-5-10(9)8-11-2/h9-11H,3-8H2,1-2H3. The van der Waals surface area contributed by atoms with Gasteiger partial charge in [-0.1, -0.05) is 6.92 Å². The van der Waals surface area contributed by atoms with Crippen molar-refractivity contribution in [2.24, 2.45) is 11.8 Å². The van der Waals surface area contributed by atoms with E-state index in [1.165, 1.54) is 37.3 Å². The van der Waals surface area contributed by atoms with Crippen LogP contribution in [0.4, 0.5) is 0 Å². The zero-order valence-electron chi connectivity index (χ0n) is 8.31. The van der Waals surface area contributed by atoms with Crippen molar-refractivity contribution < 1.29 is 0 Å². The number of hydrogen-bond donors (Lipinski definition) is 1. The van der Waals surface area contributed by atoms with Gasteiger partial charge in [-0.25, -0.2) is 0 Å². The fraction of sp³-hybridized carbons (Fsp3) is 1.00. The van der Waals surface area contributed by atoms with E-state index in [-0.39, 0.29) is 0 Å². The molecule has 1 nitrogen and oxygen atoms in total. The highest BCUT2D eigenvalue weighted by Gasteiger charge is 2.29. The van der Waals surface area contributed by atoms with E-state index in [1.807, 2.05) is 0 Å². The van der Waals surface area contributed by atoms with Crippen molar-refractivity contribution >= 4 is 11.8 Å². The first-order valence-electron chi connectivity index (χ1n) is 5.10. The average molecular weight is 187 g/mol. The number of nitrogens with one attached hydrogen (secondary N) is 1. The van der Waals surface area contributed by atoms with E-state index in [1.54, 1.807) is 0 Å². The maximum atomic E-state index is 3.28. The molecule has 1 aliphatic rings. The van der Waals surface area contributed by atoms with Gasteiger partial charge in [-0.05, 0) is 56.2 Å². The summed E-state index contributed by atoms with van der Waals surface area (Å²) in [6.07, 6.45) is 4.39. The predicted octanol–water partition coefficient (Wildman–Crippen LogP) is 2.38. The molecule has 0 aromatic rings. The molecule has 72 valence electrons. The molecule has 0 spiro atoms. The van der Waals surface area contributed by atoms with E-state index in [2.05, 4.69) is 31.1 Å². The zero-order valence-corrected chi connectivity index (χ0v) is 9.12. The second-order valence-corrected chi connectivity index (χ2v) is 5.03. The van der Waals surface area contributed by atoms with Crippen molar-refractivity contribution in [3.63, 3.8) is 0 Å². The summed E-state index contributed by atoms with van der Waals surface area (Å²) in [6.45, 7) is 3.48. The smallest absolute Gasteiger partial charge is 0.00209 e. The molecule has 12 heavy (non-hydrogen) atoms. The highest BCUT2D eigenvalue weighted by atomic mass is 32.2. The normalized spacial score (nSPS) is 28.5. The predicted molar refractivity (Wildman–Crippen MR) is 57.8 cm³/mol. The summed E-state index contributed by atoms with van der Waals surface area (Å²) in [5.41, 5.74) is 0. The highest BCUT2D eigenvalue weighted by molar-refractivity contribution is 7.99. The van der Waals surface area contributed by atoms with Crippen molar-refractivity contribution in [3.8, 4) is 0 Å². The third kappa shape index (κ3) is 2.98. The first-order valence-corrected chi connectivity index (χ1v) is 6.26. The number of hydrogen-bond acceptors (Lipinski definition) is 2. The SMILES string of the molecule is CCSCCC1CCC1CNC. The highest BCUT2D eigenvalue weighted by Crippen LogP contribution is 2.36. The van der Waals surface area contributed by atoms with Crippen molar-refractivity contribution in [2.45, 2.75) is 26.2 Å². The Kier molecular flexibility index (Phi) is 5.08. The van der Waals surface area contributed by atoms with E-state index in [0.29, 0.717) is 0 Å². The van der Waals surface area contributed by atoms with Gasteiger partial charge in [0.15, 0.2) is 0 Å². The summed E-state index contributed by atoms with van der Waals surface area (Å²) in [5, 5.41) is 3.28. The molecule has 1 saturated carbocycles. The molecule has 1 N–H and O–H groups in total. The average Bonchev–Trinajstić information content (AvgIpc) is 2.06. The van der Waals surface area contributed by atoms with Crippen LogP contribution in [0.2, 0.25) is 0 Å². The molecular weight excluding hydrogens is 166 g/mol. The van der Waals surface area contributed by atoms with E-state index < -0.39 is 0 Å². The van der Waals surface area contributed by atoms with Gasteiger partial charge in [-0.2, -0.15) is 11.8 Å². The van der Waals surface area contributed by atoms with Gasteiger partial charge >= 0.3 is 0 Å². The third-order valence-electron chi connectivity index (χ3n) is 2.88. The molecule has 0 aromatic heterocycles. The van der Waals surface area contributed by atoms with Crippen LogP contribution in [0.1, 0.15) is 26.2 Å². The van der Waals surface area contributed by atoms with E-state index in [0.717, 1.165) is 11.8 Å². The van der Waals surface area contributed by atoms with Crippen molar-refractivity contribution in [1.29, 1.82) is 0 Å². The Morgan fingerprint density at radius 3 is 2.58 bits per heavy atom. The van der Waals surface area contributed by atoms with Crippen LogP contribution in [0, 0.1) is 11.8 Å². The lowest BCUT2D eigenvalue weighted by atomic mass is 9.72. The van der Waals surface area contributed by atoms with E-state index in [9.17, 15) is 0 Å². The van der Waals surface area contributed by atoms with Crippen LogP contribution < -0.4 is 5.32 Å². The summed E-state index contributed by atoms with van der Waals surface area (Å²) in [7, 11) is 2.07. The van der Waals surface area contributed by atoms with Gasteiger partial charge in [0, 0.05) is 0 Å². The molecule has 0 aliphatic heterocycles. The quantitative estimate of drug-likeness (QED) is 0.641. The maximum Gasteiger partial charge on any atom is -0.00209 e. The summed E-state index contributed by atoms with van der Waals surface area (Å²) in [6, 6.07) is 0. The Morgan fingerprint density at radius 2 is 2.08 bits per heavy atom. The lowest BCUT2D eigenvalue weighted by Gasteiger charge is -2.36. The van der Waals surface area contributed by atoms with Crippen LogP contribution in [0.3, 0.4) is 0 Å². The molecule has 1 fully saturated rings. The van der Waals surface area contributed by atoms with Gasteiger partial charge < -0.3 is 5.32 Å². The van der Waals surface area contributed by atoms with E-state index >= 15 is 0 Å². The summed E-state index contributed by atoms with van der Waals surface area (Å²) >= 11 is 2.09.